The third-order valence-electron chi connectivity index (χ3n) is 4.37. The van der Waals surface area contributed by atoms with Crippen LogP contribution < -0.4 is 0 Å². The molecule has 0 bridgehead atoms. The number of hydrogen-bond donors (Lipinski definition) is 0. The van der Waals surface area contributed by atoms with Crippen LogP contribution in [0.5, 0.6) is 0 Å². The van der Waals surface area contributed by atoms with E-state index >= 15 is 0 Å². The lowest BCUT2D eigenvalue weighted by Crippen LogP contribution is -2.35. The summed E-state index contributed by atoms with van der Waals surface area (Å²) < 4.78 is 5.85. The van der Waals surface area contributed by atoms with Crippen LogP contribution in [-0.4, -0.2) is 17.7 Å². The third-order valence-corrected chi connectivity index (χ3v) is 4.37. The van der Waals surface area contributed by atoms with Crippen LogP contribution in [0, 0.1) is 11.8 Å². The molecule has 0 aromatic rings. The molecule has 0 spiro atoms. The molecule has 1 saturated carbocycles. The smallest absolute Gasteiger partial charge is 0.162 e. The molecule has 0 N–H and O–H groups in total. The first-order chi connectivity index (χ1) is 8.70. The average molecular weight is 246 g/mol. The fraction of sp³-hybridized carbons (Fsp3) is 0.600. The molecule has 0 amide bonds. The molecule has 2 aliphatic carbocycles. The van der Waals surface area contributed by atoms with Gasteiger partial charge >= 0.3 is 0 Å². The number of carbonyl (C=O) groups excluding carboxylic acids is 2. The Labute approximate surface area is 107 Å². The normalized spacial score (nSPS) is 35.0. The molecule has 0 aromatic heterocycles. The van der Waals surface area contributed by atoms with Gasteiger partial charge in [0.15, 0.2) is 5.78 Å². The van der Waals surface area contributed by atoms with Crippen LogP contribution in [0.15, 0.2) is 24.0 Å². The number of ether oxygens (including phenoxy) is 1. The van der Waals surface area contributed by atoms with Gasteiger partial charge in [-0.1, -0.05) is 6.08 Å². The van der Waals surface area contributed by atoms with E-state index in [1.807, 2.05) is 0 Å². The topological polar surface area (TPSA) is 43.4 Å². The Hall–Kier alpha value is -1.38. The second-order valence-electron chi connectivity index (χ2n) is 5.50. The number of fused-ring (bicyclic) bond motifs is 2. The Morgan fingerprint density at radius 2 is 2.17 bits per heavy atom. The molecule has 1 heterocycles. The van der Waals surface area contributed by atoms with Gasteiger partial charge in [0.2, 0.25) is 0 Å². The molecule has 0 radical (unpaired) electrons. The molecule has 1 fully saturated rings. The largest absolute Gasteiger partial charge is 0.493 e. The molecular formula is C15H18O3. The monoisotopic (exact) mass is 246 g/mol. The van der Waals surface area contributed by atoms with Gasteiger partial charge in [0.1, 0.15) is 17.6 Å². The highest BCUT2D eigenvalue weighted by Crippen LogP contribution is 2.45. The second-order valence-corrected chi connectivity index (χ2v) is 5.50. The van der Waals surface area contributed by atoms with Crippen molar-refractivity contribution in [1.29, 1.82) is 0 Å². The Morgan fingerprint density at radius 1 is 1.33 bits per heavy atom. The maximum Gasteiger partial charge on any atom is 0.162 e. The van der Waals surface area contributed by atoms with Crippen molar-refractivity contribution < 1.29 is 14.3 Å². The first-order valence-electron chi connectivity index (χ1n) is 6.77. The summed E-state index contributed by atoms with van der Waals surface area (Å²) in [5.41, 5.74) is 0.910. The SMILES string of the molecule is C=CC[C@@H]1C[C@H]2C3=C(CCCC3=O)O[C@H]2CC1=O. The second kappa shape index (κ2) is 4.38. The van der Waals surface area contributed by atoms with Crippen molar-refractivity contribution >= 4 is 11.6 Å². The van der Waals surface area contributed by atoms with Crippen LogP contribution in [0.25, 0.3) is 0 Å². The Kier molecular flexibility index (Phi) is 2.84. The van der Waals surface area contributed by atoms with Gasteiger partial charge in [-0.3, -0.25) is 9.59 Å². The van der Waals surface area contributed by atoms with Gasteiger partial charge in [-0.25, -0.2) is 0 Å². The first kappa shape index (κ1) is 11.7. The number of hydrogen-bond acceptors (Lipinski definition) is 3. The summed E-state index contributed by atoms with van der Waals surface area (Å²) in [7, 11) is 0. The van der Waals surface area contributed by atoms with Crippen LogP contribution in [0.4, 0.5) is 0 Å². The van der Waals surface area contributed by atoms with Gasteiger partial charge in [0, 0.05) is 36.7 Å². The summed E-state index contributed by atoms with van der Waals surface area (Å²) in [5.74, 6) is 1.59. The maximum absolute atomic E-state index is 12.0. The van der Waals surface area contributed by atoms with E-state index in [9.17, 15) is 9.59 Å². The number of carbonyl (C=O) groups is 2. The van der Waals surface area contributed by atoms with E-state index in [0.717, 1.165) is 37.0 Å². The molecule has 18 heavy (non-hydrogen) atoms. The van der Waals surface area contributed by atoms with Crippen LogP contribution in [0.3, 0.4) is 0 Å². The van der Waals surface area contributed by atoms with Crippen molar-refractivity contribution in [2.75, 3.05) is 0 Å². The maximum atomic E-state index is 12.0. The van der Waals surface area contributed by atoms with Crippen molar-refractivity contribution in [2.45, 2.75) is 44.6 Å². The molecule has 0 saturated heterocycles. The number of Topliss-reactive ketones (excluding diaryl/α,β-unsaturated/α-hetero) is 2. The molecule has 1 aliphatic heterocycles. The summed E-state index contributed by atoms with van der Waals surface area (Å²) in [5, 5.41) is 0. The minimum Gasteiger partial charge on any atom is -0.493 e. The minimum atomic E-state index is -0.0642. The zero-order valence-electron chi connectivity index (χ0n) is 10.5. The Morgan fingerprint density at radius 3 is 2.94 bits per heavy atom. The molecule has 3 aliphatic rings. The lowest BCUT2D eigenvalue weighted by Gasteiger charge is -2.30. The summed E-state index contributed by atoms with van der Waals surface area (Å²) >= 11 is 0. The van der Waals surface area contributed by atoms with E-state index in [1.54, 1.807) is 6.08 Å². The average Bonchev–Trinajstić information content (AvgIpc) is 2.68. The number of allylic oxidation sites excluding steroid dienone is 2. The first-order valence-corrected chi connectivity index (χ1v) is 6.77. The van der Waals surface area contributed by atoms with E-state index in [4.69, 9.17) is 4.74 Å². The van der Waals surface area contributed by atoms with Gasteiger partial charge in [-0.15, -0.1) is 6.58 Å². The Bertz CT molecular complexity index is 447. The summed E-state index contributed by atoms with van der Waals surface area (Å²) in [6.45, 7) is 3.71. The van der Waals surface area contributed by atoms with Crippen molar-refractivity contribution in [3.63, 3.8) is 0 Å². The predicted octanol–water partition coefficient (Wildman–Crippen LogP) is 2.56. The fourth-order valence-electron chi connectivity index (χ4n) is 3.51. The van der Waals surface area contributed by atoms with Gasteiger partial charge in [0.05, 0.1) is 0 Å². The molecule has 3 rings (SSSR count). The highest BCUT2D eigenvalue weighted by molar-refractivity contribution is 5.98. The van der Waals surface area contributed by atoms with Crippen molar-refractivity contribution in [1.82, 2.24) is 0 Å². The third kappa shape index (κ3) is 1.73. The summed E-state index contributed by atoms with van der Waals surface area (Å²) in [4.78, 5) is 24.0. The molecule has 3 atom stereocenters. The van der Waals surface area contributed by atoms with Crippen molar-refractivity contribution in [2.24, 2.45) is 11.8 Å². The molecule has 3 heteroatoms. The highest BCUT2D eigenvalue weighted by Gasteiger charge is 2.46. The fourth-order valence-corrected chi connectivity index (χ4v) is 3.51. The lowest BCUT2D eigenvalue weighted by molar-refractivity contribution is -0.129. The molecule has 3 nitrogen and oxygen atoms in total. The minimum absolute atomic E-state index is 0.0360. The van der Waals surface area contributed by atoms with Crippen LogP contribution in [0.1, 0.15) is 38.5 Å². The quantitative estimate of drug-likeness (QED) is 0.703. The van der Waals surface area contributed by atoms with E-state index < -0.39 is 0 Å². The molecular weight excluding hydrogens is 228 g/mol. The Balaban J connectivity index is 1.86. The van der Waals surface area contributed by atoms with Gasteiger partial charge < -0.3 is 4.74 Å². The van der Waals surface area contributed by atoms with Crippen LogP contribution in [-0.2, 0) is 14.3 Å². The van der Waals surface area contributed by atoms with Crippen LogP contribution in [0.2, 0.25) is 0 Å². The van der Waals surface area contributed by atoms with E-state index in [-0.39, 0.29) is 29.5 Å². The molecule has 0 unspecified atom stereocenters. The van der Waals surface area contributed by atoms with Crippen LogP contribution >= 0.6 is 0 Å². The van der Waals surface area contributed by atoms with Crippen molar-refractivity contribution in [3.8, 4) is 0 Å². The van der Waals surface area contributed by atoms with Gasteiger partial charge in [0.25, 0.3) is 0 Å². The zero-order valence-corrected chi connectivity index (χ0v) is 10.5. The highest BCUT2D eigenvalue weighted by atomic mass is 16.5. The number of ketones is 2. The standard InChI is InChI=1S/C15H18O3/c1-2-4-9-7-10-14(8-12(9)17)18-13-6-3-5-11(16)15(10)13/h2,9-10,14H,1,3-8H2/t9-,10-,14+/m1/s1. The van der Waals surface area contributed by atoms with E-state index in [0.29, 0.717) is 12.8 Å². The lowest BCUT2D eigenvalue weighted by atomic mass is 9.73. The van der Waals surface area contributed by atoms with E-state index in [2.05, 4.69) is 6.58 Å². The number of rotatable bonds is 2. The summed E-state index contributed by atoms with van der Waals surface area (Å²) in [6, 6.07) is 0. The van der Waals surface area contributed by atoms with Crippen molar-refractivity contribution in [3.05, 3.63) is 24.0 Å². The zero-order chi connectivity index (χ0) is 12.7. The van der Waals surface area contributed by atoms with Gasteiger partial charge in [-0.05, 0) is 19.3 Å². The predicted molar refractivity (Wildman–Crippen MR) is 66.8 cm³/mol. The summed E-state index contributed by atoms with van der Waals surface area (Å²) in [6.07, 6.45) is 6.09. The molecule has 0 aromatic carbocycles. The van der Waals surface area contributed by atoms with Gasteiger partial charge in [-0.2, -0.15) is 0 Å². The van der Waals surface area contributed by atoms with E-state index in [1.165, 1.54) is 0 Å². The molecule has 96 valence electrons.